The highest BCUT2D eigenvalue weighted by Gasteiger charge is 2.33. The molecule has 0 saturated carbocycles. The van der Waals surface area contributed by atoms with Crippen molar-refractivity contribution in [2.24, 2.45) is 5.92 Å². The van der Waals surface area contributed by atoms with Crippen molar-refractivity contribution in [3.63, 3.8) is 0 Å². The Hall–Kier alpha value is -0.0800. The average molecular weight is 198 g/mol. The molecule has 1 aliphatic heterocycles. The molecule has 1 aliphatic rings. The van der Waals surface area contributed by atoms with Crippen LogP contribution in [0.25, 0.3) is 0 Å². The molecule has 0 aromatic carbocycles. The average Bonchev–Trinajstić information content (AvgIpc) is 2.08. The Bertz CT molecular complexity index is 175. The zero-order valence-electron chi connectivity index (χ0n) is 10.4. The van der Waals surface area contributed by atoms with E-state index in [9.17, 15) is 0 Å². The van der Waals surface area contributed by atoms with E-state index in [0.29, 0.717) is 11.6 Å². The number of piperidine rings is 1. The molecule has 1 unspecified atom stereocenters. The second-order valence-corrected chi connectivity index (χ2v) is 5.64. The first-order chi connectivity index (χ1) is 6.45. The minimum absolute atomic E-state index is 0.400. The summed E-state index contributed by atoms with van der Waals surface area (Å²) in [5.41, 5.74) is 0.400. The lowest BCUT2D eigenvalue weighted by Gasteiger charge is -2.46. The van der Waals surface area contributed by atoms with Crippen LogP contribution in [0.1, 0.15) is 40.5 Å². The van der Waals surface area contributed by atoms with Crippen LogP contribution in [0.2, 0.25) is 0 Å². The van der Waals surface area contributed by atoms with Crippen molar-refractivity contribution >= 4 is 0 Å². The number of hydrogen-bond donors (Lipinski definition) is 1. The summed E-state index contributed by atoms with van der Waals surface area (Å²) >= 11 is 0. The van der Waals surface area contributed by atoms with Crippen molar-refractivity contribution in [1.29, 1.82) is 0 Å². The monoisotopic (exact) mass is 198 g/mol. The standard InChI is InChI=1S/C12H26N2/c1-10(2)8-14-9-11(13-5)6-7-12(14,3)4/h10-11,13H,6-9H2,1-5H3. The lowest BCUT2D eigenvalue weighted by atomic mass is 9.87. The molecule has 2 nitrogen and oxygen atoms in total. The van der Waals surface area contributed by atoms with Crippen molar-refractivity contribution in [1.82, 2.24) is 10.2 Å². The van der Waals surface area contributed by atoms with Gasteiger partial charge in [-0.1, -0.05) is 13.8 Å². The molecular formula is C12H26N2. The van der Waals surface area contributed by atoms with Gasteiger partial charge >= 0.3 is 0 Å². The maximum Gasteiger partial charge on any atom is 0.0192 e. The van der Waals surface area contributed by atoms with Crippen LogP contribution in [0.5, 0.6) is 0 Å². The summed E-state index contributed by atoms with van der Waals surface area (Å²) in [5, 5.41) is 3.40. The predicted molar refractivity (Wildman–Crippen MR) is 62.6 cm³/mol. The highest BCUT2D eigenvalue weighted by Crippen LogP contribution is 2.27. The molecule has 2 heteroatoms. The minimum Gasteiger partial charge on any atom is -0.316 e. The van der Waals surface area contributed by atoms with E-state index in [0.717, 1.165) is 5.92 Å². The molecule has 0 aromatic heterocycles. The van der Waals surface area contributed by atoms with Gasteiger partial charge in [-0.05, 0) is 39.7 Å². The quantitative estimate of drug-likeness (QED) is 0.747. The van der Waals surface area contributed by atoms with Crippen LogP contribution < -0.4 is 5.32 Å². The SMILES string of the molecule is CNC1CCC(C)(C)N(CC(C)C)C1. The molecule has 1 saturated heterocycles. The first-order valence-corrected chi connectivity index (χ1v) is 5.88. The number of likely N-dealkylation sites (tertiary alicyclic amines) is 1. The van der Waals surface area contributed by atoms with Gasteiger partial charge in [0, 0.05) is 24.7 Å². The van der Waals surface area contributed by atoms with Crippen molar-refractivity contribution in [3.05, 3.63) is 0 Å². The highest BCUT2D eigenvalue weighted by molar-refractivity contribution is 4.91. The maximum atomic E-state index is 3.40. The number of rotatable bonds is 3. The Morgan fingerprint density at radius 1 is 1.43 bits per heavy atom. The van der Waals surface area contributed by atoms with Gasteiger partial charge < -0.3 is 5.32 Å². The predicted octanol–water partition coefficient (Wildman–Crippen LogP) is 2.10. The molecular weight excluding hydrogens is 172 g/mol. The first-order valence-electron chi connectivity index (χ1n) is 5.88. The second kappa shape index (κ2) is 4.63. The van der Waals surface area contributed by atoms with Crippen LogP contribution in [-0.4, -0.2) is 36.6 Å². The van der Waals surface area contributed by atoms with Crippen molar-refractivity contribution in [3.8, 4) is 0 Å². The highest BCUT2D eigenvalue weighted by atomic mass is 15.2. The van der Waals surface area contributed by atoms with Crippen molar-refractivity contribution in [2.45, 2.75) is 52.1 Å². The smallest absolute Gasteiger partial charge is 0.0192 e. The van der Waals surface area contributed by atoms with Crippen LogP contribution in [0.15, 0.2) is 0 Å². The van der Waals surface area contributed by atoms with Crippen LogP contribution in [0.3, 0.4) is 0 Å². The third kappa shape index (κ3) is 2.96. The van der Waals surface area contributed by atoms with E-state index in [2.05, 4.69) is 45.0 Å². The van der Waals surface area contributed by atoms with E-state index in [1.165, 1.54) is 25.9 Å². The number of likely N-dealkylation sites (N-methyl/N-ethyl adjacent to an activating group) is 1. The van der Waals surface area contributed by atoms with Gasteiger partial charge in [0.25, 0.3) is 0 Å². The molecule has 0 spiro atoms. The van der Waals surface area contributed by atoms with Crippen LogP contribution >= 0.6 is 0 Å². The van der Waals surface area contributed by atoms with E-state index in [1.54, 1.807) is 0 Å². The van der Waals surface area contributed by atoms with Gasteiger partial charge in [0.15, 0.2) is 0 Å². The molecule has 1 heterocycles. The molecule has 0 aliphatic carbocycles. The molecule has 14 heavy (non-hydrogen) atoms. The van der Waals surface area contributed by atoms with Crippen molar-refractivity contribution < 1.29 is 0 Å². The zero-order chi connectivity index (χ0) is 10.8. The summed E-state index contributed by atoms with van der Waals surface area (Å²) in [6.07, 6.45) is 2.63. The normalized spacial score (nSPS) is 28.3. The topological polar surface area (TPSA) is 15.3 Å². The fourth-order valence-corrected chi connectivity index (χ4v) is 2.29. The summed E-state index contributed by atoms with van der Waals surface area (Å²) in [5.74, 6) is 0.768. The lowest BCUT2D eigenvalue weighted by Crippen LogP contribution is -2.55. The van der Waals surface area contributed by atoms with E-state index >= 15 is 0 Å². The molecule has 84 valence electrons. The third-order valence-electron chi connectivity index (χ3n) is 3.40. The van der Waals surface area contributed by atoms with E-state index in [1.807, 2.05) is 0 Å². The van der Waals surface area contributed by atoms with Gasteiger partial charge in [0.1, 0.15) is 0 Å². The minimum atomic E-state index is 0.400. The Kier molecular flexibility index (Phi) is 3.96. The van der Waals surface area contributed by atoms with E-state index < -0.39 is 0 Å². The molecule has 0 radical (unpaired) electrons. The van der Waals surface area contributed by atoms with E-state index in [-0.39, 0.29) is 0 Å². The van der Waals surface area contributed by atoms with Crippen LogP contribution in [-0.2, 0) is 0 Å². The maximum absolute atomic E-state index is 3.40. The van der Waals surface area contributed by atoms with Gasteiger partial charge in [-0.3, -0.25) is 4.90 Å². The van der Waals surface area contributed by atoms with Gasteiger partial charge in [0.05, 0.1) is 0 Å². The summed E-state index contributed by atoms with van der Waals surface area (Å²) in [7, 11) is 2.08. The Morgan fingerprint density at radius 3 is 2.57 bits per heavy atom. The summed E-state index contributed by atoms with van der Waals surface area (Å²) in [6.45, 7) is 11.8. The molecule has 0 aromatic rings. The Balaban J connectivity index is 2.56. The molecule has 1 atom stereocenters. The molecule has 1 fully saturated rings. The second-order valence-electron chi connectivity index (χ2n) is 5.64. The van der Waals surface area contributed by atoms with Crippen LogP contribution in [0.4, 0.5) is 0 Å². The third-order valence-corrected chi connectivity index (χ3v) is 3.40. The number of hydrogen-bond acceptors (Lipinski definition) is 2. The fraction of sp³-hybridized carbons (Fsp3) is 1.00. The summed E-state index contributed by atoms with van der Waals surface area (Å²) in [6, 6.07) is 0.696. The fourth-order valence-electron chi connectivity index (χ4n) is 2.29. The Labute approximate surface area is 89.1 Å². The molecule has 1 N–H and O–H groups in total. The van der Waals surface area contributed by atoms with Crippen molar-refractivity contribution in [2.75, 3.05) is 20.1 Å². The molecule has 1 rings (SSSR count). The summed E-state index contributed by atoms with van der Waals surface area (Å²) in [4.78, 5) is 2.64. The van der Waals surface area contributed by atoms with E-state index in [4.69, 9.17) is 0 Å². The number of nitrogens with one attached hydrogen (secondary N) is 1. The van der Waals surface area contributed by atoms with Crippen LogP contribution in [0, 0.1) is 5.92 Å². The van der Waals surface area contributed by atoms with Gasteiger partial charge in [-0.2, -0.15) is 0 Å². The lowest BCUT2D eigenvalue weighted by molar-refractivity contribution is 0.0487. The zero-order valence-corrected chi connectivity index (χ0v) is 10.4. The number of nitrogens with zero attached hydrogens (tertiary/aromatic N) is 1. The Morgan fingerprint density at radius 2 is 2.07 bits per heavy atom. The van der Waals surface area contributed by atoms with Gasteiger partial charge in [-0.15, -0.1) is 0 Å². The van der Waals surface area contributed by atoms with Gasteiger partial charge in [0.2, 0.25) is 0 Å². The first kappa shape index (κ1) is 12.0. The van der Waals surface area contributed by atoms with Gasteiger partial charge in [-0.25, -0.2) is 0 Å². The largest absolute Gasteiger partial charge is 0.316 e. The summed E-state index contributed by atoms with van der Waals surface area (Å²) < 4.78 is 0. The molecule has 0 bridgehead atoms. The molecule has 0 amide bonds.